The Balaban J connectivity index is 2.28. The minimum Gasteiger partial charge on any atom is -0.322 e. The van der Waals surface area contributed by atoms with Gasteiger partial charge in [0.25, 0.3) is 5.91 Å². The van der Waals surface area contributed by atoms with E-state index in [4.69, 9.17) is 0 Å². The average molecular weight is 289 g/mol. The molecule has 0 aromatic heterocycles. The number of piperidine rings is 1. The molecule has 1 spiro atoms. The van der Waals surface area contributed by atoms with Crippen molar-refractivity contribution in [3.8, 4) is 0 Å². The molecule has 1 unspecified atom stereocenters. The van der Waals surface area contributed by atoms with Crippen molar-refractivity contribution in [1.29, 1.82) is 0 Å². The molecule has 0 saturated carbocycles. The fourth-order valence-electron chi connectivity index (χ4n) is 2.42. The maximum Gasteiger partial charge on any atom is 0.322 e. The van der Waals surface area contributed by atoms with E-state index in [9.17, 15) is 18.0 Å². The number of amides is 3. The summed E-state index contributed by atoms with van der Waals surface area (Å²) in [4.78, 5) is 23.1. The predicted molar refractivity (Wildman–Crippen MR) is 68.9 cm³/mol. The molecule has 0 aliphatic carbocycles. The van der Waals surface area contributed by atoms with Crippen LogP contribution in [0.3, 0.4) is 0 Å². The van der Waals surface area contributed by atoms with Crippen molar-refractivity contribution in [2.75, 3.05) is 13.1 Å². The third-order valence-electron chi connectivity index (χ3n) is 3.59. The van der Waals surface area contributed by atoms with Crippen molar-refractivity contribution >= 4 is 22.0 Å². The zero-order valence-electron chi connectivity index (χ0n) is 11.3. The van der Waals surface area contributed by atoms with E-state index < -0.39 is 32.2 Å². The zero-order valence-corrected chi connectivity index (χ0v) is 12.1. The number of rotatable bonds is 1. The maximum atomic E-state index is 12.4. The number of nitrogens with one attached hydrogen (secondary N) is 2. The standard InChI is InChI=1S/C11H19N3O4S/c1-10(2,3)19(17,18)14-6-4-5-11(7-14)8(15)12-9(16)13-11/h4-7H2,1-3H3,(H2,12,13,15,16). The first-order chi connectivity index (χ1) is 8.58. The summed E-state index contributed by atoms with van der Waals surface area (Å²) < 4.78 is 25.2. The number of imide groups is 1. The van der Waals surface area contributed by atoms with Gasteiger partial charge >= 0.3 is 6.03 Å². The topological polar surface area (TPSA) is 95.6 Å². The van der Waals surface area contributed by atoms with Crippen LogP contribution in [0.1, 0.15) is 33.6 Å². The van der Waals surface area contributed by atoms with Gasteiger partial charge in [0, 0.05) is 13.1 Å². The molecular weight excluding hydrogens is 270 g/mol. The summed E-state index contributed by atoms with van der Waals surface area (Å²) in [5, 5.41) is 4.74. The third-order valence-corrected chi connectivity index (χ3v) is 6.12. The highest BCUT2D eigenvalue weighted by atomic mass is 32.2. The molecule has 2 N–H and O–H groups in total. The van der Waals surface area contributed by atoms with Gasteiger partial charge in [-0.25, -0.2) is 13.2 Å². The quantitative estimate of drug-likeness (QED) is 0.653. The lowest BCUT2D eigenvalue weighted by Gasteiger charge is -2.39. The molecule has 3 amide bonds. The Hall–Kier alpha value is -1.15. The third kappa shape index (κ3) is 2.23. The van der Waals surface area contributed by atoms with Crippen LogP contribution in [0.5, 0.6) is 0 Å². The molecule has 8 heteroatoms. The molecule has 2 saturated heterocycles. The Morgan fingerprint density at radius 2 is 1.89 bits per heavy atom. The number of hydrogen-bond acceptors (Lipinski definition) is 4. The summed E-state index contributed by atoms with van der Waals surface area (Å²) >= 11 is 0. The van der Waals surface area contributed by atoms with Crippen LogP contribution >= 0.6 is 0 Å². The Labute approximate surface area is 112 Å². The molecule has 108 valence electrons. The van der Waals surface area contributed by atoms with Crippen LogP contribution < -0.4 is 10.6 Å². The fraction of sp³-hybridized carbons (Fsp3) is 0.818. The zero-order chi connectivity index (χ0) is 14.5. The van der Waals surface area contributed by atoms with Gasteiger partial charge in [-0.05, 0) is 33.6 Å². The molecule has 2 aliphatic rings. The molecule has 1 atom stereocenters. The molecule has 2 heterocycles. The summed E-state index contributed by atoms with van der Waals surface area (Å²) in [5.41, 5.74) is -1.10. The smallest absolute Gasteiger partial charge is 0.322 e. The highest BCUT2D eigenvalue weighted by molar-refractivity contribution is 7.90. The lowest BCUT2D eigenvalue weighted by Crippen LogP contribution is -2.61. The number of carbonyl (C=O) groups excluding carboxylic acids is 2. The second-order valence-corrected chi connectivity index (χ2v) is 8.74. The van der Waals surface area contributed by atoms with E-state index in [0.29, 0.717) is 19.4 Å². The maximum absolute atomic E-state index is 12.4. The van der Waals surface area contributed by atoms with Gasteiger partial charge in [0.2, 0.25) is 10.0 Å². The van der Waals surface area contributed by atoms with Gasteiger partial charge in [-0.1, -0.05) is 0 Å². The number of sulfonamides is 1. The Morgan fingerprint density at radius 1 is 1.26 bits per heavy atom. The van der Waals surface area contributed by atoms with Crippen molar-refractivity contribution in [2.24, 2.45) is 0 Å². The molecule has 7 nitrogen and oxygen atoms in total. The minimum absolute atomic E-state index is 0.00414. The monoisotopic (exact) mass is 289 g/mol. The van der Waals surface area contributed by atoms with Crippen LogP contribution in [0.25, 0.3) is 0 Å². The second-order valence-electron chi connectivity index (χ2n) is 6.04. The fourth-order valence-corrected chi connectivity index (χ4v) is 3.96. The summed E-state index contributed by atoms with van der Waals surface area (Å²) in [6, 6.07) is -0.556. The van der Waals surface area contributed by atoms with Crippen molar-refractivity contribution in [1.82, 2.24) is 14.9 Å². The van der Waals surface area contributed by atoms with E-state index in [1.54, 1.807) is 20.8 Å². The normalized spacial score (nSPS) is 29.4. The summed E-state index contributed by atoms with van der Waals surface area (Å²) in [5.74, 6) is -0.439. The van der Waals surface area contributed by atoms with E-state index >= 15 is 0 Å². The molecule has 0 aromatic rings. The van der Waals surface area contributed by atoms with Crippen LogP contribution in [0.4, 0.5) is 4.79 Å². The first-order valence-corrected chi connectivity index (χ1v) is 7.66. The number of nitrogens with zero attached hydrogens (tertiary/aromatic N) is 1. The van der Waals surface area contributed by atoms with Crippen LogP contribution in [0.15, 0.2) is 0 Å². The predicted octanol–water partition coefficient (Wildman–Crippen LogP) is -0.211. The Bertz CT molecular complexity index is 523. The lowest BCUT2D eigenvalue weighted by atomic mass is 9.90. The van der Waals surface area contributed by atoms with Gasteiger partial charge in [-0.3, -0.25) is 10.1 Å². The first kappa shape index (κ1) is 14.3. The Kier molecular flexibility index (Phi) is 3.13. The van der Waals surface area contributed by atoms with Crippen molar-refractivity contribution in [3.05, 3.63) is 0 Å². The van der Waals surface area contributed by atoms with E-state index in [2.05, 4.69) is 10.6 Å². The lowest BCUT2D eigenvalue weighted by molar-refractivity contribution is -0.125. The molecule has 0 bridgehead atoms. The largest absolute Gasteiger partial charge is 0.322 e. The van der Waals surface area contributed by atoms with Crippen LogP contribution in [-0.4, -0.2) is 48.0 Å². The second kappa shape index (κ2) is 4.17. The number of carbonyl (C=O) groups is 2. The number of hydrogen-bond donors (Lipinski definition) is 2. The van der Waals surface area contributed by atoms with Gasteiger partial charge in [0.1, 0.15) is 5.54 Å². The van der Waals surface area contributed by atoms with E-state index in [1.807, 2.05) is 0 Å². The molecule has 2 aliphatic heterocycles. The molecule has 2 fully saturated rings. The van der Waals surface area contributed by atoms with Gasteiger partial charge in [0.15, 0.2) is 0 Å². The van der Waals surface area contributed by atoms with Crippen LogP contribution in [0, 0.1) is 0 Å². The van der Waals surface area contributed by atoms with Crippen molar-refractivity contribution in [2.45, 2.75) is 43.9 Å². The minimum atomic E-state index is -3.50. The van der Waals surface area contributed by atoms with Crippen molar-refractivity contribution in [3.63, 3.8) is 0 Å². The first-order valence-electron chi connectivity index (χ1n) is 6.22. The van der Waals surface area contributed by atoms with Gasteiger partial charge < -0.3 is 5.32 Å². The summed E-state index contributed by atoms with van der Waals surface area (Å²) in [6.45, 7) is 5.25. The average Bonchev–Trinajstić information content (AvgIpc) is 2.52. The molecule has 0 radical (unpaired) electrons. The molecule has 19 heavy (non-hydrogen) atoms. The van der Waals surface area contributed by atoms with Crippen LogP contribution in [-0.2, 0) is 14.8 Å². The highest BCUT2D eigenvalue weighted by Crippen LogP contribution is 2.30. The summed E-state index contributed by atoms with van der Waals surface area (Å²) in [6.07, 6.45) is 1.00. The van der Waals surface area contributed by atoms with Crippen molar-refractivity contribution < 1.29 is 18.0 Å². The van der Waals surface area contributed by atoms with Gasteiger partial charge in [-0.15, -0.1) is 0 Å². The van der Waals surface area contributed by atoms with E-state index in [1.165, 1.54) is 4.31 Å². The Morgan fingerprint density at radius 3 is 2.37 bits per heavy atom. The van der Waals surface area contributed by atoms with Gasteiger partial charge in [0.05, 0.1) is 4.75 Å². The number of urea groups is 1. The molecule has 2 rings (SSSR count). The van der Waals surface area contributed by atoms with E-state index in [0.717, 1.165) is 0 Å². The highest BCUT2D eigenvalue weighted by Gasteiger charge is 2.51. The SMILES string of the molecule is CC(C)(C)S(=O)(=O)N1CCCC2(C1)NC(=O)NC2=O. The molecular formula is C11H19N3O4S. The van der Waals surface area contributed by atoms with Gasteiger partial charge in [-0.2, -0.15) is 4.31 Å². The summed E-state index contributed by atoms with van der Waals surface area (Å²) in [7, 11) is -3.50. The van der Waals surface area contributed by atoms with E-state index in [-0.39, 0.29) is 6.54 Å². The molecule has 0 aromatic carbocycles. The van der Waals surface area contributed by atoms with Crippen LogP contribution in [0.2, 0.25) is 0 Å².